The highest BCUT2D eigenvalue weighted by atomic mass is 79.9. The lowest BCUT2D eigenvalue weighted by Crippen LogP contribution is -1.63. The Labute approximate surface area is 91.5 Å². The van der Waals surface area contributed by atoms with Crippen LogP contribution in [0.25, 0.3) is 17.0 Å². The zero-order chi connectivity index (χ0) is 10.1. The number of allylic oxidation sites excluding steroid dienone is 1. The molecule has 0 atom stereocenters. The van der Waals surface area contributed by atoms with Crippen LogP contribution >= 0.6 is 15.9 Å². The summed E-state index contributed by atoms with van der Waals surface area (Å²) < 4.78 is 6.71. The zero-order valence-corrected chi connectivity index (χ0v) is 9.76. The van der Waals surface area contributed by atoms with Crippen LogP contribution in [0.3, 0.4) is 0 Å². The minimum atomic E-state index is 0.915. The number of fused-ring (bicyclic) bond motifs is 1. The van der Waals surface area contributed by atoms with Crippen LogP contribution in [0.4, 0.5) is 0 Å². The lowest BCUT2D eigenvalue weighted by atomic mass is 10.2. The summed E-state index contributed by atoms with van der Waals surface area (Å²) >= 11 is 3.44. The molecule has 1 aromatic heterocycles. The van der Waals surface area contributed by atoms with Crippen LogP contribution in [-0.2, 0) is 0 Å². The van der Waals surface area contributed by atoms with E-state index in [2.05, 4.69) is 35.8 Å². The van der Waals surface area contributed by atoms with Crippen molar-refractivity contribution in [3.8, 4) is 0 Å². The van der Waals surface area contributed by atoms with Gasteiger partial charge < -0.3 is 4.42 Å². The van der Waals surface area contributed by atoms with Gasteiger partial charge >= 0.3 is 0 Å². The lowest BCUT2D eigenvalue weighted by molar-refractivity contribution is 0.603. The summed E-state index contributed by atoms with van der Waals surface area (Å²) in [5, 5.41) is 1.13. The van der Waals surface area contributed by atoms with Crippen molar-refractivity contribution in [2.24, 2.45) is 0 Å². The number of hydrogen-bond donors (Lipinski definition) is 0. The van der Waals surface area contributed by atoms with Gasteiger partial charge in [-0.1, -0.05) is 21.5 Å². The monoisotopic (exact) mass is 250 g/mol. The van der Waals surface area contributed by atoms with Crippen molar-refractivity contribution in [3.63, 3.8) is 0 Å². The molecule has 0 unspecified atom stereocenters. The molecule has 2 heteroatoms. The zero-order valence-electron chi connectivity index (χ0n) is 8.17. The Kier molecular flexibility index (Phi) is 2.46. The molecule has 1 heterocycles. The molecule has 2 rings (SSSR count). The first kappa shape index (κ1) is 9.53. The first-order chi connectivity index (χ1) is 6.65. The molecule has 14 heavy (non-hydrogen) atoms. The average molecular weight is 251 g/mol. The molecule has 0 fully saturated rings. The second kappa shape index (κ2) is 3.62. The summed E-state index contributed by atoms with van der Waals surface area (Å²) in [6.45, 7) is 4.12. The van der Waals surface area contributed by atoms with E-state index in [1.54, 1.807) is 0 Å². The topological polar surface area (TPSA) is 13.1 Å². The van der Waals surface area contributed by atoms with Crippen LogP contribution in [0.2, 0.25) is 0 Å². The Morgan fingerprint density at radius 3 is 2.79 bits per heavy atom. The van der Waals surface area contributed by atoms with Crippen molar-refractivity contribution in [2.45, 2.75) is 13.8 Å². The summed E-state index contributed by atoms with van der Waals surface area (Å²) in [6.07, 6.45) is 2.04. The molecular weight excluding hydrogens is 240 g/mol. The summed E-state index contributed by atoms with van der Waals surface area (Å²) in [5.74, 6) is 0.915. The van der Waals surface area contributed by atoms with E-state index in [1.165, 1.54) is 5.57 Å². The number of rotatable bonds is 1. The van der Waals surface area contributed by atoms with Gasteiger partial charge in [-0.3, -0.25) is 0 Å². The molecule has 0 aliphatic heterocycles. The minimum absolute atomic E-state index is 0.915. The molecule has 0 amide bonds. The summed E-state index contributed by atoms with van der Waals surface area (Å²) in [5.41, 5.74) is 2.17. The third-order valence-corrected chi connectivity index (χ3v) is 2.42. The Bertz CT molecular complexity index is 490. The highest BCUT2D eigenvalue weighted by Gasteiger charge is 2.01. The molecule has 0 bridgehead atoms. The number of hydrogen-bond acceptors (Lipinski definition) is 1. The number of benzene rings is 1. The maximum Gasteiger partial charge on any atom is 0.134 e. The molecule has 2 aromatic rings. The third kappa shape index (κ3) is 1.90. The molecule has 72 valence electrons. The van der Waals surface area contributed by atoms with Gasteiger partial charge in [0.2, 0.25) is 0 Å². The van der Waals surface area contributed by atoms with Crippen molar-refractivity contribution >= 4 is 33.0 Å². The first-order valence-corrected chi connectivity index (χ1v) is 5.28. The van der Waals surface area contributed by atoms with Crippen LogP contribution in [0, 0.1) is 0 Å². The normalized spacial score (nSPS) is 10.5. The predicted octanol–water partition coefficient (Wildman–Crippen LogP) is 4.62. The molecule has 0 saturated heterocycles. The highest BCUT2D eigenvalue weighted by Crippen LogP contribution is 2.24. The number of halogens is 1. The van der Waals surface area contributed by atoms with Crippen LogP contribution in [0.1, 0.15) is 19.6 Å². The van der Waals surface area contributed by atoms with Crippen molar-refractivity contribution in [1.82, 2.24) is 0 Å². The molecule has 0 radical (unpaired) electrons. The average Bonchev–Trinajstić information content (AvgIpc) is 2.44. The molecule has 0 N–H and O–H groups in total. The molecule has 0 aliphatic carbocycles. The van der Waals surface area contributed by atoms with Crippen LogP contribution in [0.15, 0.2) is 38.7 Å². The Hall–Kier alpha value is -1.02. The molecule has 0 spiro atoms. The Morgan fingerprint density at radius 2 is 2.07 bits per heavy atom. The van der Waals surface area contributed by atoms with Crippen molar-refractivity contribution in [2.75, 3.05) is 0 Å². The van der Waals surface area contributed by atoms with Gasteiger partial charge in [0.25, 0.3) is 0 Å². The van der Waals surface area contributed by atoms with E-state index in [-0.39, 0.29) is 0 Å². The molecule has 1 aromatic carbocycles. The van der Waals surface area contributed by atoms with E-state index < -0.39 is 0 Å². The maximum absolute atomic E-state index is 5.64. The quantitative estimate of drug-likeness (QED) is 0.720. The van der Waals surface area contributed by atoms with E-state index in [1.807, 2.05) is 24.3 Å². The highest BCUT2D eigenvalue weighted by molar-refractivity contribution is 9.10. The van der Waals surface area contributed by atoms with Gasteiger partial charge in [0.1, 0.15) is 11.3 Å². The summed E-state index contributed by atoms with van der Waals surface area (Å²) in [4.78, 5) is 0. The lowest BCUT2D eigenvalue weighted by Gasteiger charge is -1.88. The van der Waals surface area contributed by atoms with E-state index in [0.29, 0.717) is 0 Å². The van der Waals surface area contributed by atoms with Gasteiger partial charge in [0.15, 0.2) is 0 Å². The summed E-state index contributed by atoms with van der Waals surface area (Å²) in [7, 11) is 0. The largest absolute Gasteiger partial charge is 0.457 e. The van der Waals surface area contributed by atoms with Crippen molar-refractivity contribution in [1.29, 1.82) is 0 Å². The SMILES string of the molecule is CC(C)=Cc1cc2cc(Br)ccc2o1. The van der Waals surface area contributed by atoms with E-state index in [9.17, 15) is 0 Å². The maximum atomic E-state index is 5.64. The van der Waals surface area contributed by atoms with Crippen molar-refractivity contribution < 1.29 is 4.42 Å². The fourth-order valence-corrected chi connectivity index (χ4v) is 1.77. The fourth-order valence-electron chi connectivity index (χ4n) is 1.39. The van der Waals surface area contributed by atoms with Crippen LogP contribution in [0.5, 0.6) is 0 Å². The van der Waals surface area contributed by atoms with Crippen LogP contribution < -0.4 is 0 Å². The smallest absolute Gasteiger partial charge is 0.134 e. The Morgan fingerprint density at radius 1 is 1.29 bits per heavy atom. The fraction of sp³-hybridized carbons (Fsp3) is 0.167. The standard InChI is InChI=1S/C12H11BrO/c1-8(2)5-11-7-9-6-10(13)3-4-12(9)14-11/h3-7H,1-2H3. The molecule has 0 saturated carbocycles. The van der Waals surface area contributed by atoms with Crippen LogP contribution in [-0.4, -0.2) is 0 Å². The second-order valence-electron chi connectivity index (χ2n) is 3.55. The van der Waals surface area contributed by atoms with Gasteiger partial charge in [-0.25, -0.2) is 0 Å². The van der Waals surface area contributed by atoms with Gasteiger partial charge in [0, 0.05) is 9.86 Å². The molecule has 1 nitrogen and oxygen atoms in total. The van der Waals surface area contributed by atoms with E-state index in [4.69, 9.17) is 4.42 Å². The predicted molar refractivity (Wildman–Crippen MR) is 63.2 cm³/mol. The Balaban J connectivity index is 2.57. The first-order valence-electron chi connectivity index (χ1n) is 4.49. The number of furan rings is 1. The van der Waals surface area contributed by atoms with Crippen molar-refractivity contribution in [3.05, 3.63) is 40.1 Å². The molecule has 0 aliphatic rings. The van der Waals surface area contributed by atoms with Gasteiger partial charge in [-0.05, 0) is 44.2 Å². The second-order valence-corrected chi connectivity index (χ2v) is 4.47. The third-order valence-electron chi connectivity index (χ3n) is 1.93. The van der Waals surface area contributed by atoms with E-state index in [0.717, 1.165) is 21.2 Å². The van der Waals surface area contributed by atoms with Gasteiger partial charge in [-0.15, -0.1) is 0 Å². The molecular formula is C12H11BrO. The van der Waals surface area contributed by atoms with Gasteiger partial charge in [-0.2, -0.15) is 0 Å². The summed E-state index contributed by atoms with van der Waals surface area (Å²) in [6, 6.07) is 8.06. The van der Waals surface area contributed by atoms with Gasteiger partial charge in [0.05, 0.1) is 0 Å². The minimum Gasteiger partial charge on any atom is -0.457 e. The van der Waals surface area contributed by atoms with E-state index >= 15 is 0 Å².